The highest BCUT2D eigenvalue weighted by Crippen LogP contribution is 2.16. The molecule has 84 valence electrons. The molecular weight excluding hydrogens is 226 g/mol. The van der Waals surface area contributed by atoms with Crippen LogP contribution < -0.4 is 5.73 Å². The number of hydrogen-bond donors (Lipinski definition) is 2. The molecule has 3 N–H and O–H groups in total. The molecule has 0 saturated carbocycles. The lowest BCUT2D eigenvalue weighted by Crippen LogP contribution is -2.02. The zero-order valence-corrected chi connectivity index (χ0v) is 9.42. The summed E-state index contributed by atoms with van der Waals surface area (Å²) in [5, 5.41) is 9.26. The molecule has 0 aliphatic carbocycles. The average Bonchev–Trinajstić information content (AvgIpc) is 2.20. The highest BCUT2D eigenvalue weighted by molar-refractivity contribution is 6.30. The van der Waals surface area contributed by atoms with Crippen molar-refractivity contribution in [1.82, 2.24) is 0 Å². The van der Waals surface area contributed by atoms with Crippen LogP contribution in [0.5, 0.6) is 0 Å². The molecule has 0 aliphatic rings. The maximum atomic E-state index is 10.7. The summed E-state index contributed by atoms with van der Waals surface area (Å²) in [5.74, 6) is 4.87. The molecule has 0 fully saturated rings. The smallest absolute Gasteiger partial charge is 0.307 e. The lowest BCUT2D eigenvalue weighted by atomic mass is 10.0. The Kier molecular flexibility index (Phi) is 4.84. The minimum Gasteiger partial charge on any atom is -0.481 e. The standard InChI is InChI=1S/C12H12ClNO2/c13-11-5-4-9(3-1-2-6-14)10(7-11)8-12(15)16/h4-5,7H,2,6,8,14H2,(H,15,16). The fraction of sp³-hybridized carbons (Fsp3) is 0.250. The van der Waals surface area contributed by atoms with Gasteiger partial charge in [0, 0.05) is 23.6 Å². The van der Waals surface area contributed by atoms with Gasteiger partial charge in [0.2, 0.25) is 0 Å². The second-order valence-corrected chi connectivity index (χ2v) is 3.65. The van der Waals surface area contributed by atoms with Gasteiger partial charge in [-0.2, -0.15) is 0 Å². The van der Waals surface area contributed by atoms with Gasteiger partial charge >= 0.3 is 5.97 Å². The predicted molar refractivity (Wildman–Crippen MR) is 63.3 cm³/mol. The largest absolute Gasteiger partial charge is 0.481 e. The summed E-state index contributed by atoms with van der Waals surface area (Å²) >= 11 is 5.80. The number of nitrogens with two attached hydrogens (primary N) is 1. The molecular formula is C12H12ClNO2. The third kappa shape index (κ3) is 3.93. The normalized spacial score (nSPS) is 9.38. The van der Waals surface area contributed by atoms with Crippen LogP contribution in [0, 0.1) is 11.8 Å². The van der Waals surface area contributed by atoms with Crippen LogP contribution in [0.1, 0.15) is 17.5 Å². The van der Waals surface area contributed by atoms with Crippen molar-refractivity contribution in [3.05, 3.63) is 34.3 Å². The first kappa shape index (κ1) is 12.6. The van der Waals surface area contributed by atoms with E-state index in [-0.39, 0.29) is 6.42 Å². The number of carbonyl (C=O) groups is 1. The first-order chi connectivity index (χ1) is 7.63. The van der Waals surface area contributed by atoms with Gasteiger partial charge in [-0.1, -0.05) is 23.4 Å². The van der Waals surface area contributed by atoms with Crippen molar-refractivity contribution in [3.63, 3.8) is 0 Å². The van der Waals surface area contributed by atoms with Crippen molar-refractivity contribution in [2.24, 2.45) is 5.73 Å². The van der Waals surface area contributed by atoms with Crippen molar-refractivity contribution in [3.8, 4) is 11.8 Å². The second kappa shape index (κ2) is 6.16. The molecule has 0 radical (unpaired) electrons. The maximum Gasteiger partial charge on any atom is 0.307 e. The van der Waals surface area contributed by atoms with E-state index in [0.717, 1.165) is 0 Å². The molecule has 0 spiro atoms. The molecule has 3 nitrogen and oxygen atoms in total. The van der Waals surface area contributed by atoms with Gasteiger partial charge in [-0.3, -0.25) is 4.79 Å². The van der Waals surface area contributed by atoms with Crippen LogP contribution in [0.15, 0.2) is 18.2 Å². The number of aliphatic carboxylic acids is 1. The summed E-state index contributed by atoms with van der Waals surface area (Å²) < 4.78 is 0. The molecule has 0 atom stereocenters. The van der Waals surface area contributed by atoms with Gasteiger partial charge < -0.3 is 10.8 Å². The van der Waals surface area contributed by atoms with Gasteiger partial charge in [0.1, 0.15) is 0 Å². The molecule has 0 saturated heterocycles. The Labute approximate surface area is 99.2 Å². The number of carboxylic acids is 1. The third-order valence-corrected chi connectivity index (χ3v) is 2.14. The van der Waals surface area contributed by atoms with E-state index in [1.54, 1.807) is 18.2 Å². The first-order valence-electron chi connectivity index (χ1n) is 4.82. The summed E-state index contributed by atoms with van der Waals surface area (Å²) in [6.07, 6.45) is 0.516. The van der Waals surface area contributed by atoms with Crippen molar-refractivity contribution in [2.45, 2.75) is 12.8 Å². The Morgan fingerprint density at radius 2 is 2.25 bits per heavy atom. The van der Waals surface area contributed by atoms with Crippen LogP contribution >= 0.6 is 11.6 Å². The molecule has 1 rings (SSSR count). The molecule has 0 heterocycles. The summed E-state index contributed by atoms with van der Waals surface area (Å²) in [6.45, 7) is 0.495. The van der Waals surface area contributed by atoms with Gasteiger partial charge in [0.15, 0.2) is 0 Å². The monoisotopic (exact) mass is 237 g/mol. The molecule has 0 aliphatic heterocycles. The topological polar surface area (TPSA) is 63.3 Å². The van der Waals surface area contributed by atoms with Gasteiger partial charge in [-0.25, -0.2) is 0 Å². The van der Waals surface area contributed by atoms with Gasteiger partial charge in [-0.15, -0.1) is 0 Å². The number of halogens is 1. The highest BCUT2D eigenvalue weighted by atomic mass is 35.5. The van der Waals surface area contributed by atoms with Crippen molar-refractivity contribution in [2.75, 3.05) is 6.54 Å². The van der Waals surface area contributed by atoms with E-state index in [9.17, 15) is 4.79 Å². The highest BCUT2D eigenvalue weighted by Gasteiger charge is 2.05. The summed E-state index contributed by atoms with van der Waals surface area (Å²) in [7, 11) is 0. The summed E-state index contributed by atoms with van der Waals surface area (Å²) in [4.78, 5) is 10.7. The van der Waals surface area contributed by atoms with E-state index in [0.29, 0.717) is 29.1 Å². The second-order valence-electron chi connectivity index (χ2n) is 3.21. The Balaban J connectivity index is 2.99. The van der Waals surface area contributed by atoms with E-state index in [1.807, 2.05) is 0 Å². The Hall–Kier alpha value is -1.50. The minimum atomic E-state index is -0.899. The van der Waals surface area contributed by atoms with Crippen molar-refractivity contribution in [1.29, 1.82) is 0 Å². The molecule has 1 aromatic carbocycles. The molecule has 0 bridgehead atoms. The van der Waals surface area contributed by atoms with E-state index >= 15 is 0 Å². The quantitative estimate of drug-likeness (QED) is 0.786. The number of hydrogen-bond acceptors (Lipinski definition) is 2. The molecule has 0 aromatic heterocycles. The minimum absolute atomic E-state index is 0.0762. The fourth-order valence-electron chi connectivity index (χ4n) is 1.22. The molecule has 16 heavy (non-hydrogen) atoms. The number of rotatable bonds is 3. The SMILES string of the molecule is NCCC#Cc1ccc(Cl)cc1CC(=O)O. The molecule has 0 amide bonds. The van der Waals surface area contributed by atoms with Crippen molar-refractivity contribution < 1.29 is 9.90 Å². The van der Waals surface area contributed by atoms with Crippen LogP contribution in [-0.4, -0.2) is 17.6 Å². The summed E-state index contributed by atoms with van der Waals surface area (Å²) in [6, 6.07) is 5.05. The van der Waals surface area contributed by atoms with Crippen molar-refractivity contribution >= 4 is 17.6 Å². The Bertz CT molecular complexity index is 446. The van der Waals surface area contributed by atoms with Gasteiger partial charge in [-0.05, 0) is 23.8 Å². The first-order valence-corrected chi connectivity index (χ1v) is 5.20. The number of carboxylic acid groups (broad SMARTS) is 1. The van der Waals surface area contributed by atoms with Crippen LogP contribution in [0.2, 0.25) is 5.02 Å². The fourth-order valence-corrected chi connectivity index (χ4v) is 1.42. The lowest BCUT2D eigenvalue weighted by Gasteiger charge is -2.02. The Morgan fingerprint density at radius 1 is 1.50 bits per heavy atom. The van der Waals surface area contributed by atoms with Crippen LogP contribution in [0.4, 0.5) is 0 Å². The van der Waals surface area contributed by atoms with E-state index < -0.39 is 5.97 Å². The Morgan fingerprint density at radius 3 is 2.88 bits per heavy atom. The van der Waals surface area contributed by atoms with E-state index in [4.69, 9.17) is 22.4 Å². The molecule has 1 aromatic rings. The maximum absolute atomic E-state index is 10.7. The zero-order valence-electron chi connectivity index (χ0n) is 8.66. The van der Waals surface area contributed by atoms with Crippen LogP contribution in [-0.2, 0) is 11.2 Å². The van der Waals surface area contributed by atoms with Gasteiger partial charge in [0.25, 0.3) is 0 Å². The summed E-state index contributed by atoms with van der Waals surface area (Å²) in [5.41, 5.74) is 6.64. The van der Waals surface area contributed by atoms with Crippen LogP contribution in [0.3, 0.4) is 0 Å². The average molecular weight is 238 g/mol. The molecule has 4 heteroatoms. The van der Waals surface area contributed by atoms with E-state index in [2.05, 4.69) is 11.8 Å². The lowest BCUT2D eigenvalue weighted by molar-refractivity contribution is -0.136. The van der Waals surface area contributed by atoms with Gasteiger partial charge in [0.05, 0.1) is 6.42 Å². The predicted octanol–water partition coefficient (Wildman–Crippen LogP) is 1.67. The number of benzene rings is 1. The third-order valence-electron chi connectivity index (χ3n) is 1.90. The zero-order chi connectivity index (χ0) is 12.0. The van der Waals surface area contributed by atoms with Crippen LogP contribution in [0.25, 0.3) is 0 Å². The van der Waals surface area contributed by atoms with E-state index in [1.165, 1.54) is 0 Å². The molecule has 0 unspecified atom stereocenters.